The Labute approximate surface area is 175 Å². The zero-order valence-electron chi connectivity index (χ0n) is 17.2. The number of nitrogens with zero attached hydrogens (tertiary/aromatic N) is 4. The summed E-state index contributed by atoms with van der Waals surface area (Å²) in [6.07, 6.45) is -3.06. The van der Waals surface area contributed by atoms with Gasteiger partial charge in [-0.15, -0.1) is 10.2 Å². The largest absolute Gasteiger partial charge is 0.497 e. The molecule has 166 valence electrons. The fraction of sp³-hybridized carbons (Fsp3) is 0.400. The molecule has 0 aliphatic heterocycles. The highest BCUT2D eigenvalue weighted by Gasteiger charge is 2.32. The molecule has 3 rings (SSSR count). The van der Waals surface area contributed by atoms with E-state index in [-0.39, 0.29) is 23.0 Å². The first kappa shape index (κ1) is 22.3. The number of ketones is 1. The quantitative estimate of drug-likeness (QED) is 0.545. The van der Waals surface area contributed by atoms with E-state index in [0.29, 0.717) is 11.5 Å². The second-order valence-electron chi connectivity index (χ2n) is 6.85. The smallest absolute Gasteiger partial charge is 0.416 e. The first-order valence-corrected chi connectivity index (χ1v) is 9.63. The molecule has 11 heteroatoms. The van der Waals surface area contributed by atoms with Gasteiger partial charge in [0, 0.05) is 11.6 Å². The van der Waals surface area contributed by atoms with Crippen LogP contribution in [0.25, 0.3) is 5.65 Å². The van der Waals surface area contributed by atoms with Crippen LogP contribution in [-0.4, -0.2) is 38.4 Å². The van der Waals surface area contributed by atoms with Crippen LogP contribution in [-0.2, 0) is 12.7 Å². The molecule has 0 spiro atoms. The SMILES string of the molecule is CCC(CC)Oc1ccc2nn(CC(=O)c3cc(OC)cc(C(F)(F)F)c3)c(=N)n2n1. The van der Waals surface area contributed by atoms with Gasteiger partial charge >= 0.3 is 6.18 Å². The molecule has 0 aliphatic carbocycles. The number of carbonyl (C=O) groups excluding carboxylic acids is 1. The summed E-state index contributed by atoms with van der Waals surface area (Å²) in [5.74, 6) is -0.429. The molecule has 8 nitrogen and oxygen atoms in total. The van der Waals surface area contributed by atoms with E-state index in [1.807, 2.05) is 13.8 Å². The van der Waals surface area contributed by atoms with E-state index >= 15 is 0 Å². The predicted octanol–water partition coefficient (Wildman–Crippen LogP) is 3.49. The number of benzene rings is 1. The van der Waals surface area contributed by atoms with Gasteiger partial charge in [0.1, 0.15) is 12.3 Å². The molecule has 0 saturated carbocycles. The van der Waals surface area contributed by atoms with E-state index < -0.39 is 24.1 Å². The Morgan fingerprint density at radius 2 is 1.87 bits per heavy atom. The minimum atomic E-state index is -4.63. The van der Waals surface area contributed by atoms with Gasteiger partial charge in [0.2, 0.25) is 11.5 Å². The van der Waals surface area contributed by atoms with Crippen molar-refractivity contribution in [2.24, 2.45) is 0 Å². The Hall–Kier alpha value is -3.37. The number of Topliss-reactive ketones (excluding diaryl/α,β-unsaturated/α-hetero) is 1. The van der Waals surface area contributed by atoms with Gasteiger partial charge in [-0.05, 0) is 37.1 Å². The van der Waals surface area contributed by atoms with Crippen molar-refractivity contribution in [1.29, 1.82) is 5.41 Å². The lowest BCUT2D eigenvalue weighted by Crippen LogP contribution is -2.26. The Morgan fingerprint density at radius 1 is 1.16 bits per heavy atom. The van der Waals surface area contributed by atoms with Gasteiger partial charge in [0.15, 0.2) is 11.4 Å². The van der Waals surface area contributed by atoms with Crippen LogP contribution in [0.3, 0.4) is 0 Å². The predicted molar refractivity (Wildman–Crippen MR) is 104 cm³/mol. The van der Waals surface area contributed by atoms with Gasteiger partial charge in [-0.1, -0.05) is 13.8 Å². The molecule has 0 saturated heterocycles. The molecule has 0 aliphatic rings. The van der Waals surface area contributed by atoms with Crippen molar-refractivity contribution in [3.8, 4) is 11.6 Å². The third kappa shape index (κ3) is 4.86. The van der Waals surface area contributed by atoms with Crippen LogP contribution < -0.4 is 15.1 Å². The number of fused-ring (bicyclic) bond motifs is 1. The maximum Gasteiger partial charge on any atom is 0.416 e. The lowest BCUT2D eigenvalue weighted by molar-refractivity contribution is -0.137. The molecular formula is C20H22F3N5O3. The van der Waals surface area contributed by atoms with Crippen LogP contribution in [0, 0.1) is 5.41 Å². The Morgan fingerprint density at radius 3 is 2.48 bits per heavy atom. The van der Waals surface area contributed by atoms with Crippen molar-refractivity contribution in [2.45, 2.75) is 45.5 Å². The molecule has 3 aromatic rings. The summed E-state index contributed by atoms with van der Waals surface area (Å²) in [6, 6.07) is 6.00. The van der Waals surface area contributed by atoms with Crippen LogP contribution >= 0.6 is 0 Å². The minimum Gasteiger partial charge on any atom is -0.497 e. The fourth-order valence-electron chi connectivity index (χ4n) is 2.98. The highest BCUT2D eigenvalue weighted by atomic mass is 19.4. The Balaban J connectivity index is 1.90. The van der Waals surface area contributed by atoms with Crippen molar-refractivity contribution in [2.75, 3.05) is 7.11 Å². The summed E-state index contributed by atoms with van der Waals surface area (Å²) in [5, 5.41) is 16.6. The average Bonchev–Trinajstić information content (AvgIpc) is 3.05. The number of ether oxygens (including phenoxy) is 2. The van der Waals surface area contributed by atoms with Crippen molar-refractivity contribution in [3.05, 3.63) is 47.1 Å². The highest BCUT2D eigenvalue weighted by Crippen LogP contribution is 2.32. The van der Waals surface area contributed by atoms with Crippen LogP contribution in [0.5, 0.6) is 11.6 Å². The second kappa shape index (κ2) is 8.78. The van der Waals surface area contributed by atoms with E-state index in [0.717, 1.165) is 29.7 Å². The molecule has 2 aromatic heterocycles. The zero-order chi connectivity index (χ0) is 22.8. The number of nitrogens with one attached hydrogen (secondary N) is 1. The highest BCUT2D eigenvalue weighted by molar-refractivity contribution is 5.96. The van der Waals surface area contributed by atoms with E-state index in [1.165, 1.54) is 17.7 Å². The molecule has 0 unspecified atom stereocenters. The first-order valence-electron chi connectivity index (χ1n) is 9.63. The van der Waals surface area contributed by atoms with Gasteiger partial charge in [-0.3, -0.25) is 10.2 Å². The lowest BCUT2D eigenvalue weighted by Gasteiger charge is -2.14. The van der Waals surface area contributed by atoms with Crippen molar-refractivity contribution < 1.29 is 27.4 Å². The number of halogens is 3. The molecule has 2 heterocycles. The van der Waals surface area contributed by atoms with Crippen LogP contribution in [0.1, 0.15) is 42.6 Å². The Kier molecular flexibility index (Phi) is 6.32. The number of aromatic nitrogens is 4. The average molecular weight is 437 g/mol. The molecule has 0 fully saturated rings. The van der Waals surface area contributed by atoms with Gasteiger partial charge in [0.25, 0.3) is 0 Å². The van der Waals surface area contributed by atoms with Crippen LogP contribution in [0.4, 0.5) is 13.2 Å². The van der Waals surface area contributed by atoms with Gasteiger partial charge < -0.3 is 9.47 Å². The summed E-state index contributed by atoms with van der Waals surface area (Å²) in [4.78, 5) is 12.7. The van der Waals surface area contributed by atoms with Crippen LogP contribution in [0.15, 0.2) is 30.3 Å². The molecule has 31 heavy (non-hydrogen) atoms. The molecule has 0 atom stereocenters. The number of carbonyl (C=O) groups is 1. The second-order valence-corrected chi connectivity index (χ2v) is 6.85. The van der Waals surface area contributed by atoms with E-state index in [9.17, 15) is 18.0 Å². The zero-order valence-corrected chi connectivity index (χ0v) is 17.2. The third-order valence-electron chi connectivity index (χ3n) is 4.74. The van der Waals surface area contributed by atoms with Gasteiger partial charge in [-0.25, -0.2) is 4.68 Å². The van der Waals surface area contributed by atoms with Crippen LogP contribution in [0.2, 0.25) is 0 Å². The maximum absolute atomic E-state index is 13.1. The first-order chi connectivity index (χ1) is 14.7. The lowest BCUT2D eigenvalue weighted by atomic mass is 10.1. The number of rotatable bonds is 8. The van der Waals surface area contributed by atoms with E-state index in [1.54, 1.807) is 12.1 Å². The normalized spacial score (nSPS) is 11.8. The maximum atomic E-state index is 13.1. The number of methoxy groups -OCH3 is 1. The molecule has 0 radical (unpaired) electrons. The summed E-state index contributed by atoms with van der Waals surface area (Å²) >= 11 is 0. The Bertz CT molecular complexity index is 1150. The number of alkyl halides is 3. The van der Waals surface area contributed by atoms with Crippen molar-refractivity contribution >= 4 is 11.4 Å². The van der Waals surface area contributed by atoms with E-state index in [4.69, 9.17) is 14.9 Å². The minimum absolute atomic E-state index is 0.0211. The summed E-state index contributed by atoms with van der Waals surface area (Å²) in [5.41, 5.74) is -1.10. The summed E-state index contributed by atoms with van der Waals surface area (Å²) in [6.45, 7) is 3.54. The molecule has 0 amide bonds. The summed E-state index contributed by atoms with van der Waals surface area (Å²) in [7, 11) is 1.22. The number of hydrogen-bond donors (Lipinski definition) is 1. The standard InChI is InChI=1S/C20H22F3N5O3/c1-4-14(5-2)31-18-7-6-17-25-27(19(24)28(17)26-18)11-16(29)12-8-13(20(21,22)23)10-15(9-12)30-3/h6-10,14,24H,4-5,11H2,1-3H3. The van der Waals surface area contributed by atoms with Crippen molar-refractivity contribution in [3.63, 3.8) is 0 Å². The molecule has 0 bridgehead atoms. The molecular weight excluding hydrogens is 415 g/mol. The van der Waals surface area contributed by atoms with E-state index in [2.05, 4.69) is 10.2 Å². The molecule has 1 aromatic carbocycles. The monoisotopic (exact) mass is 437 g/mol. The van der Waals surface area contributed by atoms with Gasteiger partial charge in [0.05, 0.1) is 18.8 Å². The summed E-state index contributed by atoms with van der Waals surface area (Å²) < 4.78 is 52.3. The third-order valence-corrected chi connectivity index (χ3v) is 4.74. The topological polar surface area (TPSA) is 94.5 Å². The number of hydrogen-bond acceptors (Lipinski definition) is 6. The fourth-order valence-corrected chi connectivity index (χ4v) is 2.98. The van der Waals surface area contributed by atoms with Crippen molar-refractivity contribution in [1.82, 2.24) is 19.4 Å². The molecule has 1 N–H and O–H groups in total. The van der Waals surface area contributed by atoms with Gasteiger partial charge in [-0.2, -0.15) is 17.7 Å².